The molecule has 0 fully saturated rings. The fourth-order valence-electron chi connectivity index (χ4n) is 1.66. The highest BCUT2D eigenvalue weighted by Gasteiger charge is 1.95. The summed E-state index contributed by atoms with van der Waals surface area (Å²) in [7, 11) is 0. The minimum absolute atomic E-state index is 0.508. The van der Waals surface area contributed by atoms with Crippen molar-refractivity contribution in [3.8, 4) is 0 Å². The second-order valence-electron chi connectivity index (χ2n) is 4.35. The van der Waals surface area contributed by atoms with Gasteiger partial charge in [0.05, 0.1) is 3.74 Å². The van der Waals surface area contributed by atoms with Crippen LogP contribution in [0.4, 0.5) is 0 Å². The summed E-state index contributed by atoms with van der Waals surface area (Å²) in [5.74, 6) is 0. The number of unbranched alkanes of at least 4 members (excludes halogenated alkanes) is 7. The largest absolute Gasteiger partial charge is 0.0885 e. The maximum atomic E-state index is 3.50. The fraction of sp³-hybridized carbons (Fsp3) is 0.857. The van der Waals surface area contributed by atoms with Gasteiger partial charge in [-0.2, -0.15) is 0 Å². The average molecular weight is 354 g/mol. The van der Waals surface area contributed by atoms with E-state index in [2.05, 4.69) is 50.9 Å². The van der Waals surface area contributed by atoms with Crippen LogP contribution in [0.2, 0.25) is 0 Å². The Balaban J connectivity index is 3.04. The quantitative estimate of drug-likeness (QED) is 0.223. The van der Waals surface area contributed by atoms with Gasteiger partial charge in [-0.1, -0.05) is 83.0 Å². The molecule has 0 bridgehead atoms. The van der Waals surface area contributed by atoms with Gasteiger partial charge in [0.25, 0.3) is 0 Å². The SMILES string of the molecule is CCCCCC/C=C/CCCCCC(Br)Br. The lowest BCUT2D eigenvalue weighted by atomic mass is 10.1. The molecule has 0 spiro atoms. The number of rotatable bonds is 11. The first-order valence-electron chi connectivity index (χ1n) is 6.70. The van der Waals surface area contributed by atoms with Crippen molar-refractivity contribution in [2.24, 2.45) is 0 Å². The van der Waals surface area contributed by atoms with Gasteiger partial charge in [-0.15, -0.1) is 0 Å². The smallest absolute Gasteiger partial charge is 0.0697 e. The van der Waals surface area contributed by atoms with Crippen LogP contribution in [0.3, 0.4) is 0 Å². The van der Waals surface area contributed by atoms with Gasteiger partial charge in [-0.3, -0.25) is 0 Å². The highest BCUT2D eigenvalue weighted by atomic mass is 79.9. The van der Waals surface area contributed by atoms with Crippen molar-refractivity contribution in [3.63, 3.8) is 0 Å². The van der Waals surface area contributed by atoms with Crippen molar-refractivity contribution < 1.29 is 0 Å². The van der Waals surface area contributed by atoms with Crippen LogP contribution >= 0.6 is 31.9 Å². The zero-order valence-electron chi connectivity index (χ0n) is 10.6. The molecule has 0 aromatic rings. The second kappa shape index (κ2) is 13.8. The molecule has 0 amide bonds. The maximum absolute atomic E-state index is 3.50. The minimum Gasteiger partial charge on any atom is -0.0885 e. The zero-order chi connectivity index (χ0) is 12.1. The molecule has 0 nitrogen and oxygen atoms in total. The molecule has 0 heterocycles. The molecule has 0 N–H and O–H groups in total. The molecule has 0 aliphatic heterocycles. The van der Waals surface area contributed by atoms with E-state index < -0.39 is 0 Å². The zero-order valence-corrected chi connectivity index (χ0v) is 13.7. The molecule has 2 heteroatoms. The second-order valence-corrected chi connectivity index (χ2v) is 7.79. The molecule has 0 rings (SSSR count). The van der Waals surface area contributed by atoms with E-state index in [-0.39, 0.29) is 0 Å². The molecule has 0 aliphatic rings. The Bertz CT molecular complexity index is 153. The van der Waals surface area contributed by atoms with Gasteiger partial charge in [-0.25, -0.2) is 0 Å². The summed E-state index contributed by atoms with van der Waals surface area (Å²) in [5.41, 5.74) is 0. The van der Waals surface area contributed by atoms with Gasteiger partial charge in [0, 0.05) is 0 Å². The van der Waals surface area contributed by atoms with Crippen LogP contribution in [0.5, 0.6) is 0 Å². The Kier molecular flexibility index (Phi) is 14.4. The number of hydrogen-bond acceptors (Lipinski definition) is 0. The molecule has 0 radical (unpaired) electrons. The summed E-state index contributed by atoms with van der Waals surface area (Å²) in [4.78, 5) is 0. The molecule has 0 unspecified atom stereocenters. The molecule has 0 saturated carbocycles. The lowest BCUT2D eigenvalue weighted by molar-refractivity contribution is 0.665. The number of hydrogen-bond donors (Lipinski definition) is 0. The predicted molar refractivity (Wildman–Crippen MR) is 82.6 cm³/mol. The van der Waals surface area contributed by atoms with Gasteiger partial charge in [0.2, 0.25) is 0 Å². The highest BCUT2D eigenvalue weighted by molar-refractivity contribution is 9.24. The van der Waals surface area contributed by atoms with Crippen molar-refractivity contribution in [2.75, 3.05) is 0 Å². The van der Waals surface area contributed by atoms with Crippen LogP contribution in [0, 0.1) is 0 Å². The molecule has 0 aromatic carbocycles. The van der Waals surface area contributed by atoms with E-state index >= 15 is 0 Å². The third-order valence-electron chi connectivity index (χ3n) is 2.68. The fourth-order valence-corrected chi connectivity index (χ4v) is 2.31. The Morgan fingerprint density at radius 1 is 0.812 bits per heavy atom. The molecular weight excluding hydrogens is 328 g/mol. The molecule has 96 valence electrons. The Morgan fingerprint density at radius 3 is 1.88 bits per heavy atom. The first kappa shape index (κ1) is 16.7. The summed E-state index contributed by atoms with van der Waals surface area (Å²) in [6.07, 6.45) is 18.1. The van der Waals surface area contributed by atoms with Crippen molar-refractivity contribution in [1.29, 1.82) is 0 Å². The third-order valence-corrected chi connectivity index (χ3v) is 3.60. The van der Waals surface area contributed by atoms with E-state index in [0.717, 1.165) is 0 Å². The Labute approximate surface area is 119 Å². The highest BCUT2D eigenvalue weighted by Crippen LogP contribution is 2.17. The van der Waals surface area contributed by atoms with Crippen molar-refractivity contribution in [3.05, 3.63) is 12.2 Å². The van der Waals surface area contributed by atoms with E-state index in [1.54, 1.807) is 0 Å². The summed E-state index contributed by atoms with van der Waals surface area (Å²) < 4.78 is 0.508. The summed E-state index contributed by atoms with van der Waals surface area (Å²) >= 11 is 7.00. The molecule has 0 saturated heterocycles. The summed E-state index contributed by atoms with van der Waals surface area (Å²) in [6, 6.07) is 0. The van der Waals surface area contributed by atoms with E-state index in [1.807, 2.05) is 0 Å². The van der Waals surface area contributed by atoms with Crippen LogP contribution in [0.1, 0.15) is 71.1 Å². The van der Waals surface area contributed by atoms with Gasteiger partial charge in [-0.05, 0) is 32.1 Å². The number of alkyl halides is 2. The van der Waals surface area contributed by atoms with E-state index in [0.29, 0.717) is 3.74 Å². The van der Waals surface area contributed by atoms with Gasteiger partial charge in [0.15, 0.2) is 0 Å². The third kappa shape index (κ3) is 14.7. The van der Waals surface area contributed by atoms with Gasteiger partial charge < -0.3 is 0 Å². The predicted octanol–water partition coefficient (Wildman–Crippen LogP) is 6.58. The van der Waals surface area contributed by atoms with E-state index in [4.69, 9.17) is 0 Å². The lowest BCUT2D eigenvalue weighted by Crippen LogP contribution is -1.84. The monoisotopic (exact) mass is 352 g/mol. The first-order chi connectivity index (χ1) is 7.77. The van der Waals surface area contributed by atoms with Crippen LogP contribution in [-0.4, -0.2) is 3.74 Å². The van der Waals surface area contributed by atoms with E-state index in [9.17, 15) is 0 Å². The molecule has 0 atom stereocenters. The van der Waals surface area contributed by atoms with Crippen molar-refractivity contribution in [2.45, 2.75) is 74.9 Å². The van der Waals surface area contributed by atoms with Crippen LogP contribution in [-0.2, 0) is 0 Å². The summed E-state index contributed by atoms with van der Waals surface area (Å²) in [6.45, 7) is 2.26. The molecule has 0 aromatic heterocycles. The van der Waals surface area contributed by atoms with Crippen LogP contribution in [0.25, 0.3) is 0 Å². The molecule has 16 heavy (non-hydrogen) atoms. The van der Waals surface area contributed by atoms with E-state index in [1.165, 1.54) is 64.2 Å². The van der Waals surface area contributed by atoms with Gasteiger partial charge in [0.1, 0.15) is 0 Å². The topological polar surface area (TPSA) is 0 Å². The average Bonchev–Trinajstić information content (AvgIpc) is 2.25. The Morgan fingerprint density at radius 2 is 1.38 bits per heavy atom. The molecule has 0 aliphatic carbocycles. The normalized spacial score (nSPS) is 11.8. The minimum atomic E-state index is 0.508. The van der Waals surface area contributed by atoms with Crippen molar-refractivity contribution in [1.82, 2.24) is 0 Å². The van der Waals surface area contributed by atoms with Crippen molar-refractivity contribution >= 4 is 31.9 Å². The maximum Gasteiger partial charge on any atom is 0.0697 e. The molecular formula is C14H26Br2. The lowest BCUT2D eigenvalue weighted by Gasteiger charge is -2.00. The van der Waals surface area contributed by atoms with Crippen LogP contribution < -0.4 is 0 Å². The Hall–Kier alpha value is 0.700. The van der Waals surface area contributed by atoms with Crippen LogP contribution in [0.15, 0.2) is 12.2 Å². The first-order valence-corrected chi connectivity index (χ1v) is 8.53. The number of allylic oxidation sites excluding steroid dienone is 2. The summed E-state index contributed by atoms with van der Waals surface area (Å²) in [5, 5.41) is 0. The van der Waals surface area contributed by atoms with Gasteiger partial charge >= 0.3 is 0 Å². The number of halogens is 2. The standard InChI is InChI=1S/C14H26Br2/c1-2-3-4-5-6-7-8-9-10-11-12-13-14(15)16/h7-8,14H,2-6,9-13H2,1H3/b8-7+.